The average Bonchev–Trinajstić information content (AvgIpc) is 3.05. The topological polar surface area (TPSA) is 97.1 Å². The molecule has 1 heterocycles. The van der Waals surface area contributed by atoms with Crippen LogP contribution in [0.4, 0.5) is 5.69 Å². The van der Waals surface area contributed by atoms with Crippen LogP contribution in [-0.2, 0) is 4.79 Å². The number of aromatic carboxylic acids is 1. The van der Waals surface area contributed by atoms with E-state index in [2.05, 4.69) is 22.6 Å². The van der Waals surface area contributed by atoms with Crippen LogP contribution >= 0.6 is 11.8 Å². The minimum atomic E-state index is -1.13. The van der Waals surface area contributed by atoms with Crippen LogP contribution < -0.4 is 5.32 Å². The second kappa shape index (κ2) is 9.07. The quantitative estimate of drug-likeness (QED) is 0.676. The van der Waals surface area contributed by atoms with Crippen molar-refractivity contribution >= 4 is 29.3 Å². The molecule has 0 radical (unpaired) electrons. The van der Waals surface area contributed by atoms with Gasteiger partial charge in [0.2, 0.25) is 5.91 Å². The zero-order chi connectivity index (χ0) is 17.4. The monoisotopic (exact) mass is 348 g/mol. The fourth-order valence-electron chi connectivity index (χ4n) is 1.95. The second-order valence-corrected chi connectivity index (χ2v) is 6.39. The summed E-state index contributed by atoms with van der Waals surface area (Å²) in [6.07, 6.45) is 4.13. The number of rotatable bonds is 9. The Kier molecular flexibility index (Phi) is 6.80. The summed E-state index contributed by atoms with van der Waals surface area (Å²) >= 11 is 1.78. The van der Waals surface area contributed by atoms with E-state index in [0.717, 1.165) is 17.9 Å². The number of carbonyl (C=O) groups is 2. The molecule has 8 heteroatoms. The first kappa shape index (κ1) is 18.0. The molecule has 2 rings (SSSR count). The van der Waals surface area contributed by atoms with Gasteiger partial charge in [-0.25, -0.2) is 9.48 Å². The zero-order valence-corrected chi connectivity index (χ0v) is 14.3. The molecule has 7 nitrogen and oxygen atoms in total. The first-order valence-electron chi connectivity index (χ1n) is 7.74. The maximum absolute atomic E-state index is 11.9. The van der Waals surface area contributed by atoms with Crippen molar-refractivity contribution in [3.05, 3.63) is 36.2 Å². The first-order chi connectivity index (χ1) is 11.6. The smallest absolute Gasteiger partial charge is 0.358 e. The Labute approximate surface area is 144 Å². The van der Waals surface area contributed by atoms with Crippen molar-refractivity contribution in [2.75, 3.05) is 16.8 Å². The number of anilines is 1. The van der Waals surface area contributed by atoms with Crippen molar-refractivity contribution in [3.8, 4) is 5.69 Å². The number of carbonyl (C=O) groups excluding carboxylic acids is 1. The number of nitrogens with zero attached hydrogens (tertiary/aromatic N) is 3. The van der Waals surface area contributed by atoms with Gasteiger partial charge >= 0.3 is 5.97 Å². The molecule has 0 spiro atoms. The third-order valence-electron chi connectivity index (χ3n) is 3.22. The molecule has 1 aromatic heterocycles. The van der Waals surface area contributed by atoms with E-state index in [1.165, 1.54) is 17.3 Å². The summed E-state index contributed by atoms with van der Waals surface area (Å²) in [7, 11) is 0. The van der Waals surface area contributed by atoms with Crippen LogP contribution in [0.1, 0.15) is 36.7 Å². The lowest BCUT2D eigenvalue weighted by Crippen LogP contribution is -2.12. The third-order valence-corrected chi connectivity index (χ3v) is 4.29. The van der Waals surface area contributed by atoms with Gasteiger partial charge in [-0.05, 0) is 30.4 Å². The maximum Gasteiger partial charge on any atom is 0.358 e. The highest BCUT2D eigenvalue weighted by atomic mass is 32.2. The van der Waals surface area contributed by atoms with E-state index in [4.69, 9.17) is 5.11 Å². The van der Waals surface area contributed by atoms with Gasteiger partial charge in [-0.15, -0.1) is 5.10 Å². The molecule has 0 aliphatic heterocycles. The summed E-state index contributed by atoms with van der Waals surface area (Å²) in [6.45, 7) is 2.15. The molecule has 0 atom stereocenters. The summed E-state index contributed by atoms with van der Waals surface area (Å²) in [5, 5.41) is 19.1. The summed E-state index contributed by atoms with van der Waals surface area (Å²) in [5.74, 6) is 0.709. The van der Waals surface area contributed by atoms with E-state index >= 15 is 0 Å². The molecule has 0 saturated carbocycles. The van der Waals surface area contributed by atoms with Gasteiger partial charge in [0.25, 0.3) is 0 Å². The van der Waals surface area contributed by atoms with Crippen LogP contribution in [0.25, 0.3) is 5.69 Å². The Balaban J connectivity index is 1.92. The van der Waals surface area contributed by atoms with Crippen LogP contribution in [0.5, 0.6) is 0 Å². The van der Waals surface area contributed by atoms with E-state index in [1.54, 1.807) is 36.0 Å². The lowest BCUT2D eigenvalue weighted by atomic mass is 10.2. The van der Waals surface area contributed by atoms with Crippen molar-refractivity contribution in [1.29, 1.82) is 0 Å². The lowest BCUT2D eigenvalue weighted by molar-refractivity contribution is -0.115. The van der Waals surface area contributed by atoms with E-state index in [-0.39, 0.29) is 11.6 Å². The minimum absolute atomic E-state index is 0.0408. The number of thioether (sulfide) groups is 1. The van der Waals surface area contributed by atoms with Crippen LogP contribution in [-0.4, -0.2) is 43.5 Å². The Bertz CT molecular complexity index is 702. The standard InChI is InChI=1S/C16H20N4O3S/c1-2-3-8-24-9-7-15(21)17-12-5-4-6-13(10-12)20-11-14(16(22)23)18-19-20/h4-6,10-11H,2-3,7-9H2,1H3,(H,17,21)(H,22,23). The maximum atomic E-state index is 11.9. The van der Waals surface area contributed by atoms with Crippen LogP contribution in [0, 0.1) is 0 Å². The number of carboxylic acid groups (broad SMARTS) is 1. The number of hydrogen-bond acceptors (Lipinski definition) is 5. The number of benzene rings is 1. The predicted molar refractivity (Wildman–Crippen MR) is 93.8 cm³/mol. The fraction of sp³-hybridized carbons (Fsp3) is 0.375. The van der Waals surface area contributed by atoms with Crippen molar-refractivity contribution < 1.29 is 14.7 Å². The Morgan fingerprint density at radius 3 is 2.88 bits per heavy atom. The SMILES string of the molecule is CCCCSCCC(=O)Nc1cccc(-n2cc(C(=O)O)nn2)c1. The van der Waals surface area contributed by atoms with E-state index in [0.29, 0.717) is 17.8 Å². The molecule has 2 N–H and O–H groups in total. The molecule has 128 valence electrons. The molecule has 0 bridgehead atoms. The first-order valence-corrected chi connectivity index (χ1v) is 8.89. The molecule has 2 aromatic rings. The number of amides is 1. The Hall–Kier alpha value is -2.35. The van der Waals surface area contributed by atoms with Gasteiger partial charge < -0.3 is 10.4 Å². The minimum Gasteiger partial charge on any atom is -0.476 e. The molecule has 1 amide bonds. The molecule has 1 aromatic carbocycles. The highest BCUT2D eigenvalue weighted by Gasteiger charge is 2.10. The highest BCUT2D eigenvalue weighted by molar-refractivity contribution is 7.99. The molecular weight excluding hydrogens is 328 g/mol. The Morgan fingerprint density at radius 2 is 2.17 bits per heavy atom. The van der Waals surface area contributed by atoms with Crippen LogP contribution in [0.2, 0.25) is 0 Å². The van der Waals surface area contributed by atoms with Crippen molar-refractivity contribution in [3.63, 3.8) is 0 Å². The van der Waals surface area contributed by atoms with Crippen molar-refractivity contribution in [1.82, 2.24) is 15.0 Å². The molecule has 24 heavy (non-hydrogen) atoms. The molecule has 0 aliphatic rings. The average molecular weight is 348 g/mol. The third kappa shape index (κ3) is 5.38. The van der Waals surface area contributed by atoms with E-state index in [1.807, 2.05) is 0 Å². The number of hydrogen-bond donors (Lipinski definition) is 2. The van der Waals surface area contributed by atoms with Gasteiger partial charge in [0.15, 0.2) is 5.69 Å². The Morgan fingerprint density at radius 1 is 1.33 bits per heavy atom. The van der Waals surface area contributed by atoms with Gasteiger partial charge in [-0.1, -0.05) is 24.6 Å². The number of aromatic nitrogens is 3. The van der Waals surface area contributed by atoms with Gasteiger partial charge in [-0.2, -0.15) is 11.8 Å². The lowest BCUT2D eigenvalue weighted by Gasteiger charge is -2.07. The fourth-order valence-corrected chi connectivity index (χ4v) is 2.98. The zero-order valence-electron chi connectivity index (χ0n) is 13.4. The van der Waals surface area contributed by atoms with Crippen molar-refractivity contribution in [2.24, 2.45) is 0 Å². The predicted octanol–water partition coefficient (Wildman–Crippen LogP) is 2.83. The van der Waals surface area contributed by atoms with Crippen LogP contribution in [0.15, 0.2) is 30.5 Å². The van der Waals surface area contributed by atoms with Crippen molar-refractivity contribution in [2.45, 2.75) is 26.2 Å². The summed E-state index contributed by atoms with van der Waals surface area (Å²) in [4.78, 5) is 22.8. The van der Waals surface area contributed by atoms with Gasteiger partial charge in [0.05, 0.1) is 11.9 Å². The number of unbranched alkanes of at least 4 members (excludes halogenated alkanes) is 1. The normalized spacial score (nSPS) is 10.5. The highest BCUT2D eigenvalue weighted by Crippen LogP contribution is 2.15. The summed E-state index contributed by atoms with van der Waals surface area (Å²) in [6, 6.07) is 7.03. The largest absolute Gasteiger partial charge is 0.476 e. The van der Waals surface area contributed by atoms with Gasteiger partial charge in [-0.3, -0.25) is 4.79 Å². The summed E-state index contributed by atoms with van der Waals surface area (Å²) < 4.78 is 1.36. The second-order valence-electron chi connectivity index (χ2n) is 5.17. The van der Waals surface area contributed by atoms with E-state index < -0.39 is 5.97 Å². The summed E-state index contributed by atoms with van der Waals surface area (Å²) in [5.41, 5.74) is 1.14. The molecular formula is C16H20N4O3S. The van der Waals surface area contributed by atoms with Gasteiger partial charge in [0.1, 0.15) is 0 Å². The number of carboxylic acids is 1. The van der Waals surface area contributed by atoms with Gasteiger partial charge in [0, 0.05) is 17.9 Å². The molecule has 0 fully saturated rings. The molecule has 0 saturated heterocycles. The van der Waals surface area contributed by atoms with E-state index in [9.17, 15) is 9.59 Å². The molecule has 0 aliphatic carbocycles. The van der Waals surface area contributed by atoms with Crippen LogP contribution in [0.3, 0.4) is 0 Å². The number of nitrogens with one attached hydrogen (secondary N) is 1. The molecule has 0 unspecified atom stereocenters.